The summed E-state index contributed by atoms with van der Waals surface area (Å²) in [4.78, 5) is 2.58. The van der Waals surface area contributed by atoms with Crippen molar-refractivity contribution in [2.75, 3.05) is 39.4 Å². The standard InChI is InChI=1S/C11H22N2O/c1-10-8-13(6-4-12-10)5-2-11-3-7-14-9-11/h10-12H,2-9H2,1H3/t10-,11?/m1/s1. The molecule has 3 heteroatoms. The highest BCUT2D eigenvalue weighted by Crippen LogP contribution is 2.16. The Bertz CT molecular complexity index is 169. The average Bonchev–Trinajstić information content (AvgIpc) is 2.67. The molecule has 0 radical (unpaired) electrons. The van der Waals surface area contributed by atoms with Gasteiger partial charge in [0.15, 0.2) is 0 Å². The van der Waals surface area contributed by atoms with Crippen LogP contribution < -0.4 is 5.32 Å². The third kappa shape index (κ3) is 2.94. The van der Waals surface area contributed by atoms with Gasteiger partial charge >= 0.3 is 0 Å². The van der Waals surface area contributed by atoms with Crippen LogP contribution in [0.2, 0.25) is 0 Å². The second-order valence-electron chi connectivity index (χ2n) is 4.67. The summed E-state index contributed by atoms with van der Waals surface area (Å²) >= 11 is 0. The highest BCUT2D eigenvalue weighted by molar-refractivity contribution is 4.76. The van der Waals surface area contributed by atoms with Gasteiger partial charge in [-0.2, -0.15) is 0 Å². The van der Waals surface area contributed by atoms with Crippen molar-refractivity contribution in [3.8, 4) is 0 Å². The number of ether oxygens (including phenoxy) is 1. The summed E-state index contributed by atoms with van der Waals surface area (Å²) in [6, 6.07) is 0.670. The Kier molecular flexibility index (Phi) is 3.79. The third-order valence-corrected chi connectivity index (χ3v) is 3.33. The summed E-state index contributed by atoms with van der Waals surface area (Å²) in [5, 5.41) is 3.47. The molecule has 2 atom stereocenters. The molecule has 2 aliphatic heterocycles. The lowest BCUT2D eigenvalue weighted by Crippen LogP contribution is -2.49. The molecular formula is C11H22N2O. The molecule has 2 heterocycles. The molecule has 1 N–H and O–H groups in total. The Labute approximate surface area is 86.8 Å². The summed E-state index contributed by atoms with van der Waals surface area (Å²) < 4.78 is 5.39. The normalized spacial score (nSPS) is 34.9. The largest absolute Gasteiger partial charge is 0.381 e. The zero-order valence-corrected chi connectivity index (χ0v) is 9.17. The molecule has 14 heavy (non-hydrogen) atoms. The van der Waals surface area contributed by atoms with Crippen molar-refractivity contribution in [1.29, 1.82) is 0 Å². The van der Waals surface area contributed by atoms with Crippen LogP contribution >= 0.6 is 0 Å². The summed E-state index contributed by atoms with van der Waals surface area (Å²) in [5.41, 5.74) is 0. The Hall–Kier alpha value is -0.120. The molecular weight excluding hydrogens is 176 g/mol. The van der Waals surface area contributed by atoms with Crippen LogP contribution in [0.4, 0.5) is 0 Å². The summed E-state index contributed by atoms with van der Waals surface area (Å²) in [6.07, 6.45) is 2.61. The first-order chi connectivity index (χ1) is 6.84. The molecule has 0 aromatic heterocycles. The Morgan fingerprint density at radius 3 is 3.14 bits per heavy atom. The number of hydrogen-bond donors (Lipinski definition) is 1. The van der Waals surface area contributed by atoms with Crippen LogP contribution in [0.3, 0.4) is 0 Å². The van der Waals surface area contributed by atoms with E-state index in [-0.39, 0.29) is 0 Å². The Morgan fingerprint density at radius 1 is 1.50 bits per heavy atom. The summed E-state index contributed by atoms with van der Waals surface area (Å²) in [5.74, 6) is 0.834. The molecule has 0 spiro atoms. The van der Waals surface area contributed by atoms with E-state index in [9.17, 15) is 0 Å². The molecule has 2 rings (SSSR count). The molecule has 0 saturated carbocycles. The molecule has 0 bridgehead atoms. The Morgan fingerprint density at radius 2 is 2.43 bits per heavy atom. The maximum absolute atomic E-state index is 5.39. The van der Waals surface area contributed by atoms with Crippen LogP contribution in [0.25, 0.3) is 0 Å². The van der Waals surface area contributed by atoms with Crippen LogP contribution in [0, 0.1) is 5.92 Å². The third-order valence-electron chi connectivity index (χ3n) is 3.33. The number of rotatable bonds is 3. The lowest BCUT2D eigenvalue weighted by molar-refractivity contribution is 0.168. The van der Waals surface area contributed by atoms with Crippen LogP contribution in [0.1, 0.15) is 19.8 Å². The predicted octanol–water partition coefficient (Wildman–Crippen LogP) is 0.707. The number of hydrogen-bond acceptors (Lipinski definition) is 3. The minimum atomic E-state index is 0.670. The van der Waals surface area contributed by atoms with E-state index in [2.05, 4.69) is 17.1 Å². The molecule has 82 valence electrons. The van der Waals surface area contributed by atoms with Gasteiger partial charge in [-0.25, -0.2) is 0 Å². The van der Waals surface area contributed by atoms with Crippen LogP contribution in [0.15, 0.2) is 0 Å². The minimum Gasteiger partial charge on any atom is -0.381 e. The highest BCUT2D eigenvalue weighted by Gasteiger charge is 2.19. The van der Waals surface area contributed by atoms with E-state index in [0.29, 0.717) is 6.04 Å². The second-order valence-corrected chi connectivity index (χ2v) is 4.67. The van der Waals surface area contributed by atoms with Gasteiger partial charge in [-0.1, -0.05) is 0 Å². The lowest BCUT2D eigenvalue weighted by atomic mass is 10.0. The van der Waals surface area contributed by atoms with E-state index >= 15 is 0 Å². The topological polar surface area (TPSA) is 24.5 Å². The van der Waals surface area contributed by atoms with Crippen molar-refractivity contribution < 1.29 is 4.74 Å². The van der Waals surface area contributed by atoms with Crippen molar-refractivity contribution in [2.24, 2.45) is 5.92 Å². The van der Waals surface area contributed by atoms with Gasteiger partial charge in [-0.15, -0.1) is 0 Å². The molecule has 2 fully saturated rings. The predicted molar refractivity (Wildman–Crippen MR) is 57.4 cm³/mol. The summed E-state index contributed by atoms with van der Waals surface area (Å²) in [6.45, 7) is 9.11. The van der Waals surface area contributed by atoms with Crippen molar-refractivity contribution >= 4 is 0 Å². The van der Waals surface area contributed by atoms with E-state index in [1.807, 2.05) is 0 Å². The Balaban J connectivity index is 1.64. The highest BCUT2D eigenvalue weighted by atomic mass is 16.5. The van der Waals surface area contributed by atoms with Crippen molar-refractivity contribution in [1.82, 2.24) is 10.2 Å². The van der Waals surface area contributed by atoms with Gasteiger partial charge in [0.05, 0.1) is 0 Å². The molecule has 3 nitrogen and oxygen atoms in total. The van der Waals surface area contributed by atoms with Crippen molar-refractivity contribution in [3.63, 3.8) is 0 Å². The van der Waals surface area contributed by atoms with Crippen molar-refractivity contribution in [3.05, 3.63) is 0 Å². The molecule has 0 aliphatic carbocycles. The number of nitrogens with one attached hydrogen (secondary N) is 1. The second kappa shape index (κ2) is 5.10. The molecule has 2 aliphatic rings. The van der Waals surface area contributed by atoms with Gasteiger partial charge in [-0.3, -0.25) is 0 Å². The lowest BCUT2D eigenvalue weighted by Gasteiger charge is -2.32. The van der Waals surface area contributed by atoms with Crippen LogP contribution in [0.5, 0.6) is 0 Å². The van der Waals surface area contributed by atoms with E-state index < -0.39 is 0 Å². The van der Waals surface area contributed by atoms with E-state index in [1.54, 1.807) is 0 Å². The van der Waals surface area contributed by atoms with Crippen LogP contribution in [-0.4, -0.2) is 50.3 Å². The van der Waals surface area contributed by atoms with Crippen LogP contribution in [-0.2, 0) is 4.74 Å². The zero-order chi connectivity index (χ0) is 9.80. The minimum absolute atomic E-state index is 0.670. The molecule has 2 saturated heterocycles. The summed E-state index contributed by atoms with van der Waals surface area (Å²) in [7, 11) is 0. The van der Waals surface area contributed by atoms with Gasteiger partial charge in [0.25, 0.3) is 0 Å². The van der Waals surface area contributed by atoms with E-state index in [4.69, 9.17) is 4.74 Å². The van der Waals surface area contributed by atoms with Crippen molar-refractivity contribution in [2.45, 2.75) is 25.8 Å². The van der Waals surface area contributed by atoms with Gasteiger partial charge < -0.3 is 15.0 Å². The fourth-order valence-electron chi connectivity index (χ4n) is 2.39. The first-order valence-electron chi connectivity index (χ1n) is 5.88. The molecule has 0 aromatic carbocycles. The smallest absolute Gasteiger partial charge is 0.0495 e. The zero-order valence-electron chi connectivity index (χ0n) is 9.17. The quantitative estimate of drug-likeness (QED) is 0.723. The van der Waals surface area contributed by atoms with Gasteiger partial charge in [-0.05, 0) is 32.2 Å². The first kappa shape index (κ1) is 10.4. The van der Waals surface area contributed by atoms with E-state index in [1.165, 1.54) is 32.5 Å². The number of piperazine rings is 1. The SMILES string of the molecule is C[C@@H]1CN(CCC2CCOC2)CCN1. The van der Waals surface area contributed by atoms with E-state index in [0.717, 1.165) is 25.7 Å². The molecule has 0 amide bonds. The average molecular weight is 198 g/mol. The van der Waals surface area contributed by atoms with Gasteiger partial charge in [0, 0.05) is 38.9 Å². The fraction of sp³-hybridized carbons (Fsp3) is 1.00. The molecule has 1 unspecified atom stereocenters. The molecule has 0 aromatic rings. The fourth-order valence-corrected chi connectivity index (χ4v) is 2.39. The maximum atomic E-state index is 5.39. The number of nitrogens with zero attached hydrogens (tertiary/aromatic N) is 1. The van der Waals surface area contributed by atoms with Gasteiger partial charge in [0.1, 0.15) is 0 Å². The first-order valence-corrected chi connectivity index (χ1v) is 5.88. The monoisotopic (exact) mass is 198 g/mol. The maximum Gasteiger partial charge on any atom is 0.0495 e. The van der Waals surface area contributed by atoms with Gasteiger partial charge in [0.2, 0.25) is 0 Å².